The monoisotopic (exact) mass is 234 g/mol. The van der Waals surface area contributed by atoms with Crippen molar-refractivity contribution >= 4 is 34.5 Å². The Morgan fingerprint density at radius 3 is 2.64 bits per heavy atom. The Bertz CT molecular complexity index is 217. The molecule has 1 aliphatic rings. The summed E-state index contributed by atoms with van der Waals surface area (Å²) in [6.45, 7) is 3.43. The number of thiocarbonyl (C=S) groups is 1. The lowest BCUT2D eigenvalue weighted by atomic mass is 10.2. The number of hydroxylamine groups is 1. The first-order valence-electron chi connectivity index (χ1n) is 4.59. The third-order valence-corrected chi connectivity index (χ3v) is 2.98. The van der Waals surface area contributed by atoms with Gasteiger partial charge in [-0.3, -0.25) is 4.79 Å². The van der Waals surface area contributed by atoms with E-state index >= 15 is 0 Å². The topological polar surface area (TPSA) is 41.6 Å². The zero-order chi connectivity index (χ0) is 10.4. The molecule has 0 radical (unpaired) electrons. The van der Waals surface area contributed by atoms with Crippen LogP contribution in [0.2, 0.25) is 0 Å². The Morgan fingerprint density at radius 1 is 1.43 bits per heavy atom. The molecule has 1 heterocycles. The second kappa shape index (κ2) is 6.21. The molecule has 6 heteroatoms. The highest BCUT2D eigenvalue weighted by Crippen LogP contribution is 2.18. The lowest BCUT2D eigenvalue weighted by Gasteiger charge is -2.24. The molecule has 1 saturated heterocycles. The Balaban J connectivity index is 2.15. The van der Waals surface area contributed by atoms with Gasteiger partial charge in [0.2, 0.25) is 0 Å². The molecular weight excluding hydrogens is 220 g/mol. The van der Waals surface area contributed by atoms with Crippen molar-refractivity contribution in [2.45, 2.75) is 26.2 Å². The van der Waals surface area contributed by atoms with Gasteiger partial charge in [0.15, 0.2) is 4.32 Å². The number of nitrogens with zero attached hydrogens (tertiary/aromatic N) is 1. The van der Waals surface area contributed by atoms with Crippen molar-refractivity contribution in [2.24, 2.45) is 0 Å². The molecule has 1 rings (SSSR count). The highest BCUT2D eigenvalue weighted by atomic mass is 32.2. The third kappa shape index (κ3) is 4.78. The second-order valence-corrected chi connectivity index (χ2v) is 4.84. The van der Waals surface area contributed by atoms with Crippen molar-refractivity contribution in [1.82, 2.24) is 9.79 Å². The molecule has 0 amide bonds. The number of rotatable bonds is 1. The smallest absolute Gasteiger partial charge is 0.329 e. The summed E-state index contributed by atoms with van der Waals surface area (Å²) in [5.74, 6) is -0.383. The molecule has 1 aliphatic heterocycles. The number of piperidine rings is 1. The predicted octanol–water partition coefficient (Wildman–Crippen LogP) is 1.47. The molecule has 0 atom stereocenters. The van der Waals surface area contributed by atoms with E-state index in [1.54, 1.807) is 0 Å². The minimum Gasteiger partial charge on any atom is -0.342 e. The Morgan fingerprint density at radius 2 is 2.07 bits per heavy atom. The molecule has 0 saturated carbocycles. The highest BCUT2D eigenvalue weighted by Gasteiger charge is 2.12. The molecule has 1 N–H and O–H groups in total. The minimum absolute atomic E-state index is 0.383. The summed E-state index contributed by atoms with van der Waals surface area (Å²) in [6.07, 6.45) is 3.72. The first kappa shape index (κ1) is 11.7. The van der Waals surface area contributed by atoms with Crippen LogP contribution in [0.4, 0.5) is 0 Å². The molecule has 1 fully saturated rings. The Hall–Kier alpha value is -0.330. The molecular formula is C8H14N2O2S2. The van der Waals surface area contributed by atoms with E-state index in [1.165, 1.54) is 38.1 Å². The molecule has 14 heavy (non-hydrogen) atoms. The fourth-order valence-electron chi connectivity index (χ4n) is 1.21. The van der Waals surface area contributed by atoms with E-state index in [4.69, 9.17) is 12.2 Å². The van der Waals surface area contributed by atoms with Crippen LogP contribution >= 0.6 is 24.2 Å². The predicted molar refractivity (Wildman–Crippen MR) is 60.5 cm³/mol. The summed E-state index contributed by atoms with van der Waals surface area (Å²) in [6, 6.07) is 0. The molecule has 0 aromatic carbocycles. The number of carbonyl (C=O) groups is 1. The lowest BCUT2D eigenvalue weighted by molar-refractivity contribution is -0.144. The van der Waals surface area contributed by atoms with Gasteiger partial charge in [0.25, 0.3) is 0 Å². The molecule has 80 valence electrons. The third-order valence-electron chi connectivity index (χ3n) is 1.81. The molecule has 0 aromatic heterocycles. The Labute approximate surface area is 93.4 Å². The van der Waals surface area contributed by atoms with Crippen LogP contribution in [0.1, 0.15) is 26.2 Å². The summed E-state index contributed by atoms with van der Waals surface area (Å²) < 4.78 is 2.67. The lowest BCUT2D eigenvalue weighted by Crippen LogP contribution is -2.29. The first-order chi connectivity index (χ1) is 6.68. The van der Waals surface area contributed by atoms with E-state index in [0.29, 0.717) is 4.32 Å². The van der Waals surface area contributed by atoms with E-state index < -0.39 is 0 Å². The van der Waals surface area contributed by atoms with Gasteiger partial charge < -0.3 is 4.84 Å². The van der Waals surface area contributed by atoms with Crippen molar-refractivity contribution in [2.75, 3.05) is 13.1 Å². The van der Waals surface area contributed by atoms with Crippen molar-refractivity contribution in [3.63, 3.8) is 0 Å². The van der Waals surface area contributed by atoms with Crippen molar-refractivity contribution < 1.29 is 9.63 Å². The molecule has 0 aromatic rings. The number of carbonyl (C=O) groups excluding carboxylic acids is 1. The molecule has 0 aliphatic carbocycles. The van der Waals surface area contributed by atoms with Crippen LogP contribution in [-0.4, -0.2) is 27.7 Å². The molecule has 4 nitrogen and oxygen atoms in total. The van der Waals surface area contributed by atoms with Gasteiger partial charge in [-0.2, -0.15) is 0 Å². The van der Waals surface area contributed by atoms with Crippen LogP contribution in [0.15, 0.2) is 0 Å². The van der Waals surface area contributed by atoms with Crippen molar-refractivity contribution in [3.8, 4) is 0 Å². The first-order valence-corrected chi connectivity index (χ1v) is 5.77. The standard InChI is InChI=1S/C8H14N2O2S2/c1-7(11)12-9-8(13)14-10-5-3-2-4-6-10/h2-6H2,1H3,(H,9,13). The molecule has 0 bridgehead atoms. The van der Waals surface area contributed by atoms with Crippen LogP contribution < -0.4 is 5.48 Å². The number of hydrogen-bond donors (Lipinski definition) is 1. The zero-order valence-electron chi connectivity index (χ0n) is 8.12. The quantitative estimate of drug-likeness (QED) is 0.421. The summed E-state index contributed by atoms with van der Waals surface area (Å²) in [4.78, 5) is 15.0. The van der Waals surface area contributed by atoms with Gasteiger partial charge >= 0.3 is 5.97 Å². The van der Waals surface area contributed by atoms with Gasteiger partial charge in [0.05, 0.1) is 0 Å². The van der Waals surface area contributed by atoms with Crippen LogP contribution in [0.5, 0.6) is 0 Å². The fourth-order valence-corrected chi connectivity index (χ4v) is 2.32. The Kier molecular flexibility index (Phi) is 5.21. The summed E-state index contributed by atoms with van der Waals surface area (Å²) in [7, 11) is 0. The van der Waals surface area contributed by atoms with Gasteiger partial charge in [-0.05, 0) is 37.0 Å². The fraction of sp³-hybridized carbons (Fsp3) is 0.750. The molecule has 0 spiro atoms. The van der Waals surface area contributed by atoms with E-state index in [2.05, 4.69) is 14.6 Å². The maximum Gasteiger partial charge on any atom is 0.329 e. The normalized spacial score (nSPS) is 17.5. The van der Waals surface area contributed by atoms with E-state index in [1.807, 2.05) is 0 Å². The average Bonchev–Trinajstić information content (AvgIpc) is 2.16. The van der Waals surface area contributed by atoms with E-state index in [9.17, 15) is 4.79 Å². The largest absolute Gasteiger partial charge is 0.342 e. The van der Waals surface area contributed by atoms with Gasteiger partial charge in [0, 0.05) is 20.0 Å². The van der Waals surface area contributed by atoms with E-state index in [0.717, 1.165) is 13.1 Å². The van der Waals surface area contributed by atoms with E-state index in [-0.39, 0.29) is 5.97 Å². The van der Waals surface area contributed by atoms with Crippen LogP contribution in [-0.2, 0) is 9.63 Å². The number of nitrogens with one attached hydrogen (secondary N) is 1. The molecule has 0 unspecified atom stereocenters. The minimum atomic E-state index is -0.383. The average molecular weight is 234 g/mol. The zero-order valence-corrected chi connectivity index (χ0v) is 9.75. The van der Waals surface area contributed by atoms with Crippen molar-refractivity contribution in [3.05, 3.63) is 0 Å². The summed E-state index contributed by atoms with van der Waals surface area (Å²) in [5.41, 5.74) is 2.43. The summed E-state index contributed by atoms with van der Waals surface area (Å²) >= 11 is 6.43. The maximum absolute atomic E-state index is 10.5. The van der Waals surface area contributed by atoms with Gasteiger partial charge in [-0.1, -0.05) is 6.42 Å². The van der Waals surface area contributed by atoms with Crippen LogP contribution in [0, 0.1) is 0 Å². The highest BCUT2D eigenvalue weighted by molar-refractivity contribution is 8.21. The maximum atomic E-state index is 10.5. The van der Waals surface area contributed by atoms with Crippen molar-refractivity contribution in [1.29, 1.82) is 0 Å². The second-order valence-electron chi connectivity index (χ2n) is 3.06. The van der Waals surface area contributed by atoms with Crippen LogP contribution in [0.25, 0.3) is 0 Å². The number of hydrogen-bond acceptors (Lipinski definition) is 5. The van der Waals surface area contributed by atoms with Gasteiger partial charge in [0.1, 0.15) is 0 Å². The summed E-state index contributed by atoms with van der Waals surface area (Å²) in [5, 5.41) is 0. The van der Waals surface area contributed by atoms with Gasteiger partial charge in [-0.15, -0.1) is 0 Å². The SMILES string of the molecule is CC(=O)ONC(=S)SN1CCCCC1. The van der Waals surface area contributed by atoms with Crippen LogP contribution in [0.3, 0.4) is 0 Å². The van der Waals surface area contributed by atoms with Gasteiger partial charge in [-0.25, -0.2) is 9.79 Å².